The molecule has 3 aromatic rings. The van der Waals surface area contributed by atoms with Crippen LogP contribution in [0.15, 0.2) is 72.0 Å². The fourth-order valence-corrected chi connectivity index (χ4v) is 3.93. The van der Waals surface area contributed by atoms with Gasteiger partial charge < -0.3 is 14.6 Å². The van der Waals surface area contributed by atoms with E-state index in [0.29, 0.717) is 13.0 Å². The molecule has 0 saturated carbocycles. The van der Waals surface area contributed by atoms with Crippen molar-refractivity contribution in [2.45, 2.75) is 25.6 Å². The molecular formula is C23H21N3O3. The Morgan fingerprint density at radius 2 is 2.03 bits per heavy atom. The summed E-state index contributed by atoms with van der Waals surface area (Å²) >= 11 is 0. The van der Waals surface area contributed by atoms with Gasteiger partial charge in [-0.3, -0.25) is 4.98 Å². The normalized spacial score (nSPS) is 19.8. The van der Waals surface area contributed by atoms with Crippen LogP contribution >= 0.6 is 0 Å². The molecule has 0 fully saturated rings. The van der Waals surface area contributed by atoms with Crippen LogP contribution in [0.25, 0.3) is 0 Å². The molecule has 1 aromatic heterocycles. The second-order valence-electron chi connectivity index (χ2n) is 7.03. The van der Waals surface area contributed by atoms with Crippen LogP contribution in [-0.4, -0.2) is 27.4 Å². The summed E-state index contributed by atoms with van der Waals surface area (Å²) in [7, 11) is 0. The Hall–Kier alpha value is -3.54. The van der Waals surface area contributed by atoms with E-state index in [1.165, 1.54) is 0 Å². The first kappa shape index (κ1) is 17.6. The fraction of sp³-hybridized carbons (Fsp3) is 0.217. The summed E-state index contributed by atoms with van der Waals surface area (Å²) in [6.07, 6.45) is 2.01. The molecule has 29 heavy (non-hydrogen) atoms. The second-order valence-corrected chi connectivity index (χ2v) is 7.03. The Morgan fingerprint density at radius 1 is 1.14 bits per heavy atom. The Balaban J connectivity index is 1.61. The number of phenols is 1. The number of hydrazone groups is 1. The molecule has 3 heterocycles. The number of benzene rings is 2. The molecule has 6 nitrogen and oxygen atoms in total. The van der Waals surface area contributed by atoms with Crippen LogP contribution in [0.5, 0.6) is 17.2 Å². The molecule has 2 atom stereocenters. The molecule has 2 aliphatic heterocycles. The van der Waals surface area contributed by atoms with E-state index in [0.717, 1.165) is 34.0 Å². The lowest BCUT2D eigenvalue weighted by Gasteiger charge is -2.38. The van der Waals surface area contributed by atoms with Crippen molar-refractivity contribution in [1.29, 1.82) is 0 Å². The summed E-state index contributed by atoms with van der Waals surface area (Å²) in [5.74, 6) is 1.71. The minimum absolute atomic E-state index is 0.00325. The number of phenolic OH excluding ortho intramolecular Hbond substituents is 1. The minimum atomic E-state index is -0.454. The van der Waals surface area contributed by atoms with Crippen molar-refractivity contribution in [1.82, 2.24) is 9.99 Å². The Morgan fingerprint density at radius 3 is 2.83 bits per heavy atom. The van der Waals surface area contributed by atoms with Gasteiger partial charge in [0.1, 0.15) is 11.4 Å². The van der Waals surface area contributed by atoms with Gasteiger partial charge in [-0.05, 0) is 37.3 Å². The van der Waals surface area contributed by atoms with Gasteiger partial charge in [0, 0.05) is 23.7 Å². The molecule has 0 unspecified atom stereocenters. The lowest BCUT2D eigenvalue weighted by atomic mass is 9.96. The highest BCUT2D eigenvalue weighted by atomic mass is 16.5. The fourth-order valence-electron chi connectivity index (χ4n) is 3.93. The van der Waals surface area contributed by atoms with E-state index >= 15 is 0 Å². The average Bonchev–Trinajstić information content (AvgIpc) is 3.20. The monoisotopic (exact) mass is 387 g/mol. The topological polar surface area (TPSA) is 67.2 Å². The van der Waals surface area contributed by atoms with Crippen molar-refractivity contribution >= 4 is 5.71 Å². The van der Waals surface area contributed by atoms with E-state index in [1.54, 1.807) is 18.3 Å². The highest BCUT2D eigenvalue weighted by Gasteiger charge is 2.42. The number of hydrogen-bond donors (Lipinski definition) is 1. The standard InChI is InChI=1S/C23H21N3O3/c1-2-28-21-11-6-9-17-20-14-19(15-7-5-8-16(27)13-15)25-26(20)23(29-22(17)21)18-10-3-4-12-24-18/h3-13,20,23,27H,2,14H2,1H3/t20-,23-/m0/s1. The number of hydrogen-bond acceptors (Lipinski definition) is 6. The first-order valence-electron chi connectivity index (χ1n) is 9.73. The van der Waals surface area contributed by atoms with Gasteiger partial charge in [0.25, 0.3) is 0 Å². The Bertz CT molecular complexity index is 1070. The van der Waals surface area contributed by atoms with E-state index in [2.05, 4.69) is 11.1 Å². The molecule has 6 heteroatoms. The summed E-state index contributed by atoms with van der Waals surface area (Å²) in [6, 6.07) is 18.9. The molecule has 0 spiro atoms. The number of fused-ring (bicyclic) bond motifs is 3. The third-order valence-electron chi connectivity index (χ3n) is 5.20. The van der Waals surface area contributed by atoms with Gasteiger partial charge in [0.15, 0.2) is 11.5 Å². The van der Waals surface area contributed by atoms with Gasteiger partial charge in [-0.15, -0.1) is 0 Å². The number of aromatic nitrogens is 1. The van der Waals surface area contributed by atoms with Gasteiger partial charge in [0.05, 0.1) is 18.4 Å². The number of aromatic hydroxyl groups is 1. The molecule has 0 amide bonds. The Labute approximate surface area is 169 Å². The lowest BCUT2D eigenvalue weighted by Crippen LogP contribution is -2.34. The summed E-state index contributed by atoms with van der Waals surface area (Å²) in [5.41, 5.74) is 3.64. The third-order valence-corrected chi connectivity index (χ3v) is 5.20. The number of pyridine rings is 1. The second kappa shape index (κ2) is 7.13. The van der Waals surface area contributed by atoms with E-state index < -0.39 is 6.23 Å². The number of nitrogens with zero attached hydrogens (tertiary/aromatic N) is 3. The zero-order chi connectivity index (χ0) is 19.8. The molecule has 5 rings (SSSR count). The maximum atomic E-state index is 9.90. The van der Waals surface area contributed by atoms with E-state index in [-0.39, 0.29) is 11.8 Å². The van der Waals surface area contributed by atoms with E-state index in [1.807, 2.05) is 54.4 Å². The van der Waals surface area contributed by atoms with E-state index in [4.69, 9.17) is 14.6 Å². The van der Waals surface area contributed by atoms with Crippen LogP contribution in [0.1, 0.15) is 42.4 Å². The minimum Gasteiger partial charge on any atom is -0.508 e. The SMILES string of the molecule is CCOc1cccc2c1O[C@@H](c1ccccn1)N1N=C(c3cccc(O)c3)C[C@@H]21. The summed E-state index contributed by atoms with van der Waals surface area (Å²) < 4.78 is 12.2. The summed E-state index contributed by atoms with van der Waals surface area (Å²) in [5, 5.41) is 16.8. The zero-order valence-electron chi connectivity index (χ0n) is 16.0. The first-order chi connectivity index (χ1) is 14.2. The van der Waals surface area contributed by atoms with Crippen LogP contribution in [0.3, 0.4) is 0 Å². The highest BCUT2D eigenvalue weighted by molar-refractivity contribution is 6.02. The molecule has 0 saturated heterocycles. The van der Waals surface area contributed by atoms with Gasteiger partial charge in [-0.25, -0.2) is 5.01 Å². The van der Waals surface area contributed by atoms with Crippen molar-refractivity contribution in [2.24, 2.45) is 5.10 Å². The molecule has 2 aliphatic rings. The van der Waals surface area contributed by atoms with Crippen molar-refractivity contribution in [3.05, 3.63) is 83.7 Å². The van der Waals surface area contributed by atoms with Gasteiger partial charge >= 0.3 is 0 Å². The van der Waals surface area contributed by atoms with Crippen molar-refractivity contribution in [2.75, 3.05) is 6.61 Å². The summed E-state index contributed by atoms with van der Waals surface area (Å²) in [4.78, 5) is 4.51. The lowest BCUT2D eigenvalue weighted by molar-refractivity contribution is -0.0240. The third kappa shape index (κ3) is 3.06. The number of para-hydroxylation sites is 1. The Kier molecular flexibility index (Phi) is 4.31. The summed E-state index contributed by atoms with van der Waals surface area (Å²) in [6.45, 7) is 2.52. The average molecular weight is 387 g/mol. The van der Waals surface area contributed by atoms with E-state index in [9.17, 15) is 5.11 Å². The molecule has 0 radical (unpaired) electrons. The predicted octanol–water partition coefficient (Wildman–Crippen LogP) is 4.43. The van der Waals surface area contributed by atoms with Gasteiger partial charge in [-0.2, -0.15) is 5.10 Å². The maximum absolute atomic E-state index is 9.90. The quantitative estimate of drug-likeness (QED) is 0.717. The predicted molar refractivity (Wildman–Crippen MR) is 109 cm³/mol. The zero-order valence-corrected chi connectivity index (χ0v) is 16.0. The van der Waals surface area contributed by atoms with Gasteiger partial charge in [0.2, 0.25) is 6.23 Å². The molecular weight excluding hydrogens is 366 g/mol. The molecule has 146 valence electrons. The van der Waals surface area contributed by atoms with Crippen molar-refractivity contribution in [3.63, 3.8) is 0 Å². The van der Waals surface area contributed by atoms with Crippen LogP contribution in [0.4, 0.5) is 0 Å². The molecule has 2 aromatic carbocycles. The van der Waals surface area contributed by atoms with Crippen LogP contribution < -0.4 is 9.47 Å². The largest absolute Gasteiger partial charge is 0.508 e. The molecule has 1 N–H and O–H groups in total. The van der Waals surface area contributed by atoms with Crippen molar-refractivity contribution < 1.29 is 14.6 Å². The van der Waals surface area contributed by atoms with Crippen molar-refractivity contribution in [3.8, 4) is 17.2 Å². The van der Waals surface area contributed by atoms with Crippen LogP contribution in [0.2, 0.25) is 0 Å². The highest BCUT2D eigenvalue weighted by Crippen LogP contribution is 2.50. The van der Waals surface area contributed by atoms with Gasteiger partial charge in [-0.1, -0.05) is 30.3 Å². The van der Waals surface area contributed by atoms with Crippen LogP contribution in [-0.2, 0) is 0 Å². The number of rotatable bonds is 4. The number of ether oxygens (including phenoxy) is 2. The first-order valence-corrected chi connectivity index (χ1v) is 9.73. The molecule has 0 bridgehead atoms. The molecule has 0 aliphatic carbocycles. The maximum Gasteiger partial charge on any atom is 0.230 e. The van der Waals surface area contributed by atoms with Crippen LogP contribution in [0, 0.1) is 0 Å². The smallest absolute Gasteiger partial charge is 0.230 e.